The minimum atomic E-state index is -0.0244. The first-order valence-corrected chi connectivity index (χ1v) is 32.8. The zero-order valence-electron chi connectivity index (χ0n) is 53.2. The van der Waals surface area contributed by atoms with Gasteiger partial charge in [-0.2, -0.15) is 66.4 Å². The van der Waals surface area contributed by atoms with Crippen molar-refractivity contribution in [3.63, 3.8) is 0 Å². The van der Waals surface area contributed by atoms with Gasteiger partial charge in [-0.15, -0.1) is 60.3 Å². The molecule has 0 unspecified atom stereocenters. The number of hydrogen-bond acceptors (Lipinski definition) is 7. The molecule has 15 aromatic carbocycles. The third-order valence-electron chi connectivity index (χ3n) is 19.9. The van der Waals surface area contributed by atoms with Gasteiger partial charge in [-0.3, -0.25) is 14.6 Å². The molecule has 8 heterocycles. The minimum Gasteiger partial charge on any atom is -0.504 e. The van der Waals surface area contributed by atoms with E-state index in [1.807, 2.05) is 66.9 Å². The van der Waals surface area contributed by atoms with E-state index in [-0.39, 0.29) is 54.2 Å². The van der Waals surface area contributed by atoms with Crippen molar-refractivity contribution >= 4 is 151 Å². The van der Waals surface area contributed by atoms with Gasteiger partial charge in [0.2, 0.25) is 0 Å². The van der Waals surface area contributed by atoms with Crippen LogP contribution in [0.4, 0.5) is 39.8 Å². The number of hydrogen-bond donors (Lipinski definition) is 0. The molecule has 18 aromatic rings. The van der Waals surface area contributed by atoms with Crippen LogP contribution >= 0.6 is 0 Å². The molecule has 99 heavy (non-hydrogen) atoms. The maximum Gasteiger partial charge on any atom is 3.00 e. The molecule has 0 bridgehead atoms. The summed E-state index contributed by atoms with van der Waals surface area (Å²) in [6, 6.07) is 114. The molecule has 0 N–H and O–H groups in total. The van der Waals surface area contributed by atoms with Crippen molar-refractivity contribution in [2.75, 3.05) is 26.5 Å². The van der Waals surface area contributed by atoms with Gasteiger partial charge >= 0.3 is 34.1 Å². The number of rotatable bonds is 2. The molecule has 0 spiro atoms. The molecule has 1 radical (unpaired) electrons. The second-order valence-electron chi connectivity index (χ2n) is 25.0. The van der Waals surface area contributed by atoms with Gasteiger partial charge in [0.05, 0.1) is 11.0 Å². The van der Waals surface area contributed by atoms with Crippen LogP contribution < -0.4 is 30.3 Å². The Labute approximate surface area is 599 Å². The summed E-state index contributed by atoms with van der Waals surface area (Å²) in [4.78, 5) is 19.5. The van der Waals surface area contributed by atoms with Crippen molar-refractivity contribution in [1.82, 2.24) is 28.7 Å². The number of imidazole rings is 2. The molecule has 14 heteroatoms. The van der Waals surface area contributed by atoms with Crippen LogP contribution in [0, 0.1) is 30.9 Å². The van der Waals surface area contributed by atoms with E-state index in [0.717, 1.165) is 67.6 Å². The van der Waals surface area contributed by atoms with E-state index in [1.54, 1.807) is 10.9 Å². The van der Waals surface area contributed by atoms with Crippen LogP contribution in [0.15, 0.2) is 298 Å². The number of fused-ring (bicyclic) bond motifs is 27. The van der Waals surface area contributed by atoms with E-state index >= 15 is 0 Å². The monoisotopic (exact) mass is 1620 g/mol. The van der Waals surface area contributed by atoms with Crippen molar-refractivity contribution < 1.29 is 40.2 Å². The van der Waals surface area contributed by atoms with Gasteiger partial charge < -0.3 is 28.4 Å². The fourth-order valence-corrected chi connectivity index (χ4v) is 16.0. The predicted octanol–water partition coefficient (Wildman–Crippen LogP) is 18.2. The molecule has 23 rings (SSSR count). The second-order valence-corrected chi connectivity index (χ2v) is 25.0. The Balaban J connectivity index is 0.000000104. The Morgan fingerprint density at radius 3 is 1.24 bits per heavy atom. The molecule has 0 saturated carbocycles. The summed E-state index contributed by atoms with van der Waals surface area (Å²) >= 11 is 0. The molecule has 10 nitrogen and oxygen atoms in total. The maximum absolute atomic E-state index is 5.11. The minimum absolute atomic E-state index is 0. The first-order chi connectivity index (χ1) is 48.1. The van der Waals surface area contributed by atoms with Crippen molar-refractivity contribution in [1.29, 1.82) is 0 Å². The average molecular weight is 1620 g/mol. The zero-order chi connectivity index (χ0) is 63.8. The van der Waals surface area contributed by atoms with Gasteiger partial charge in [0.1, 0.15) is 0 Å². The smallest absolute Gasteiger partial charge is 0.504 e. The standard InChI is InChI=1S/2C31H17BN3.C14H12N2.C9H7N2.2Ir/c2*1-2-10-20-19(9-1)21-12-7-14-24-29(21)30-22(20)13-8-18-28(30)34-26-16-5-3-11-23(26)31-33-25-15-4-6-17-27(25)35(31)32(24)34;1-15-11-16(12-7-3-2-4-8-12)14-10-6-5-9-13(14)15;1-2-5-9(6-3-1)11-8-4-7-10-11;;/h2*1-10,12-18H;2-7,9-11H,1H3;1-5,7-8H;;/q2*-1;-2;-1;;+3. The fraction of sp³-hybridized carbons (Fsp3) is 0.0118. The third kappa shape index (κ3) is 9.14. The molecule has 0 fully saturated rings. The van der Waals surface area contributed by atoms with Gasteiger partial charge in [-0.1, -0.05) is 168 Å². The molecule has 0 atom stereocenters. The predicted molar refractivity (Wildman–Crippen MR) is 401 cm³/mol. The maximum atomic E-state index is 5.11. The third-order valence-corrected chi connectivity index (χ3v) is 19.9. The topological polar surface area (TPSA) is 66.4 Å². The first-order valence-electron chi connectivity index (χ1n) is 32.8. The van der Waals surface area contributed by atoms with Gasteiger partial charge in [0.15, 0.2) is 0 Å². The van der Waals surface area contributed by atoms with Crippen molar-refractivity contribution in [3.8, 4) is 28.5 Å². The largest absolute Gasteiger partial charge is 3.00 e. The molecular weight excluding hydrogens is 1570 g/mol. The molecule has 0 amide bonds. The van der Waals surface area contributed by atoms with Crippen LogP contribution in [0.25, 0.3) is 115 Å². The first kappa shape index (κ1) is 60.1. The molecule has 5 aliphatic rings. The normalized spacial score (nSPS) is 13.0. The number of anilines is 7. The number of para-hydroxylation sites is 8. The van der Waals surface area contributed by atoms with E-state index in [1.165, 1.54) is 98.3 Å². The quantitative estimate of drug-likeness (QED) is 0.0970. The molecule has 469 valence electrons. The SMILES string of the molecule is CN1[CH-]N(c2[c-]cccc2)c2ccccc21.[Ir+3].[Ir].[c-]1cccc2c1-c1nc3ccccc3n1B1c3cccc4c5ccccc5c5cccc(c5c34)N12.[c-]1cccc2c1-c1nc3ccccc3n1B1c3cccc4c5ccccc5c5cccc(c5c34)N12.[c-]1ccccc1-n1cccn1. The molecule has 0 aliphatic carbocycles. The zero-order valence-corrected chi connectivity index (χ0v) is 58.0. The summed E-state index contributed by atoms with van der Waals surface area (Å²) in [6.45, 7) is 2.03. The molecular formula is C85H53B2Ir2N10-2. The Hall–Kier alpha value is -11.4. The molecule has 3 aromatic heterocycles. The summed E-state index contributed by atoms with van der Waals surface area (Å²) in [6.07, 6.45) is 3.65. The van der Waals surface area contributed by atoms with E-state index in [2.05, 4.69) is 296 Å². The second kappa shape index (κ2) is 24.0. The van der Waals surface area contributed by atoms with Crippen LogP contribution in [-0.4, -0.2) is 49.7 Å². The summed E-state index contributed by atoms with van der Waals surface area (Å²) < 4.78 is 6.61. The van der Waals surface area contributed by atoms with Gasteiger partial charge in [-0.05, 0) is 132 Å². The summed E-state index contributed by atoms with van der Waals surface area (Å²) in [5.74, 6) is 1.97. The summed E-state index contributed by atoms with van der Waals surface area (Å²) in [7, 11) is 2.06. The van der Waals surface area contributed by atoms with E-state index in [4.69, 9.17) is 9.97 Å². The van der Waals surface area contributed by atoms with Crippen LogP contribution in [0.5, 0.6) is 0 Å². The van der Waals surface area contributed by atoms with E-state index in [0.29, 0.717) is 0 Å². The van der Waals surface area contributed by atoms with Crippen LogP contribution in [0.3, 0.4) is 0 Å². The average Bonchev–Trinajstić information content (AvgIpc) is 1.64. The number of aromatic nitrogens is 6. The van der Waals surface area contributed by atoms with Crippen LogP contribution in [-0.2, 0) is 40.2 Å². The van der Waals surface area contributed by atoms with Gasteiger partial charge in [0.25, 0.3) is 0 Å². The van der Waals surface area contributed by atoms with Crippen molar-refractivity contribution in [2.24, 2.45) is 0 Å². The van der Waals surface area contributed by atoms with Gasteiger partial charge in [-0.25, -0.2) is 0 Å². The molecule has 0 saturated heterocycles. The van der Waals surface area contributed by atoms with Crippen LogP contribution in [0.2, 0.25) is 0 Å². The van der Waals surface area contributed by atoms with Crippen molar-refractivity contribution in [3.05, 3.63) is 328 Å². The Bertz CT molecular complexity index is 5920. The van der Waals surface area contributed by atoms with Crippen LogP contribution in [0.1, 0.15) is 0 Å². The Morgan fingerprint density at radius 1 is 0.354 bits per heavy atom. The summed E-state index contributed by atoms with van der Waals surface area (Å²) in [5.41, 5.74) is 18.3. The number of nitrogens with zero attached hydrogens (tertiary/aromatic N) is 10. The Morgan fingerprint density at radius 2 is 0.758 bits per heavy atom. The molecule has 5 aliphatic heterocycles. The van der Waals surface area contributed by atoms with Gasteiger partial charge in [0, 0.05) is 88.7 Å². The van der Waals surface area contributed by atoms with Crippen molar-refractivity contribution in [2.45, 2.75) is 0 Å². The fourth-order valence-electron chi connectivity index (χ4n) is 16.0. The van der Waals surface area contributed by atoms with E-state index in [9.17, 15) is 0 Å². The summed E-state index contributed by atoms with van der Waals surface area (Å²) in [5, 5.41) is 19.9. The Kier molecular flexibility index (Phi) is 14.6. The van der Waals surface area contributed by atoms with E-state index < -0.39 is 0 Å². The number of benzene rings is 15.